The molecule has 3 heterocycles. The molecule has 0 spiro atoms. The molecule has 0 aliphatic heterocycles. The summed E-state index contributed by atoms with van der Waals surface area (Å²) in [5.74, 6) is -3.58. The maximum atomic E-state index is 14.1. The van der Waals surface area contributed by atoms with E-state index < -0.39 is 29.6 Å². The second-order valence-corrected chi connectivity index (χ2v) is 8.52. The molecule has 37 heavy (non-hydrogen) atoms. The summed E-state index contributed by atoms with van der Waals surface area (Å²) < 4.78 is 50.7. The van der Waals surface area contributed by atoms with Crippen molar-refractivity contribution in [2.24, 2.45) is 0 Å². The molecule has 5 aromatic rings. The van der Waals surface area contributed by atoms with Crippen LogP contribution in [0.5, 0.6) is 5.88 Å². The van der Waals surface area contributed by atoms with Crippen molar-refractivity contribution in [3.63, 3.8) is 0 Å². The third-order valence-electron chi connectivity index (χ3n) is 5.96. The number of aryl methyl sites for hydroxylation is 2. The van der Waals surface area contributed by atoms with Gasteiger partial charge in [-0.25, -0.2) is 18.2 Å². The largest absolute Gasteiger partial charge is 0.473 e. The fraction of sp³-hybridized carbons (Fsp3) is 0.148. The highest BCUT2D eigenvalue weighted by molar-refractivity contribution is 6.02. The standard InChI is InChI=1S/C27H22F3N5O2/c1-16-11-23-25(27(36)32-13-18-5-3-4-6-22(18)34-10-9-31-15-34)17(2)33-35(23)24(12-16)37-14-19-20(28)7-8-21(29)26(19)30/h3-12,15H,13-14H2,1-2H3,(H,32,36). The lowest BCUT2D eigenvalue weighted by molar-refractivity contribution is 0.0952. The highest BCUT2D eigenvalue weighted by Crippen LogP contribution is 2.25. The lowest BCUT2D eigenvalue weighted by Crippen LogP contribution is -2.24. The monoisotopic (exact) mass is 505 g/mol. The highest BCUT2D eigenvalue weighted by Gasteiger charge is 2.21. The highest BCUT2D eigenvalue weighted by atomic mass is 19.2. The average molecular weight is 506 g/mol. The number of hydrogen-bond acceptors (Lipinski definition) is 4. The number of amides is 1. The van der Waals surface area contributed by atoms with Crippen LogP contribution in [0, 0.1) is 31.3 Å². The van der Waals surface area contributed by atoms with Crippen molar-refractivity contribution in [1.29, 1.82) is 0 Å². The van der Waals surface area contributed by atoms with Gasteiger partial charge in [-0.1, -0.05) is 18.2 Å². The van der Waals surface area contributed by atoms with Gasteiger partial charge in [0, 0.05) is 25.0 Å². The number of rotatable bonds is 7. The van der Waals surface area contributed by atoms with Crippen LogP contribution in [-0.2, 0) is 13.2 Å². The Kier molecular flexibility index (Phi) is 6.39. The van der Waals surface area contributed by atoms with Crippen molar-refractivity contribution in [3.8, 4) is 11.6 Å². The molecule has 0 aliphatic carbocycles. The summed E-state index contributed by atoms with van der Waals surface area (Å²) in [4.78, 5) is 17.4. The van der Waals surface area contributed by atoms with E-state index in [0.717, 1.165) is 22.9 Å². The van der Waals surface area contributed by atoms with Gasteiger partial charge in [-0.15, -0.1) is 0 Å². The molecule has 0 atom stereocenters. The quantitative estimate of drug-likeness (QED) is 0.314. The van der Waals surface area contributed by atoms with Gasteiger partial charge >= 0.3 is 0 Å². The van der Waals surface area contributed by atoms with E-state index in [4.69, 9.17) is 4.74 Å². The number of nitrogens with one attached hydrogen (secondary N) is 1. The van der Waals surface area contributed by atoms with E-state index in [0.29, 0.717) is 22.8 Å². The minimum absolute atomic E-state index is 0.158. The summed E-state index contributed by atoms with van der Waals surface area (Å²) in [7, 11) is 0. The molecule has 1 amide bonds. The Labute approximate surface area is 210 Å². The number of benzene rings is 2. The fourth-order valence-corrected chi connectivity index (χ4v) is 4.17. The molecule has 7 nitrogen and oxygen atoms in total. The van der Waals surface area contributed by atoms with E-state index in [-0.39, 0.29) is 18.3 Å². The molecule has 3 aromatic heterocycles. The first-order valence-electron chi connectivity index (χ1n) is 11.4. The lowest BCUT2D eigenvalue weighted by atomic mass is 10.1. The predicted molar refractivity (Wildman–Crippen MR) is 130 cm³/mol. The van der Waals surface area contributed by atoms with Crippen LogP contribution in [0.1, 0.15) is 32.7 Å². The molecule has 0 saturated carbocycles. The molecule has 0 radical (unpaired) electrons. The molecule has 2 aromatic carbocycles. The van der Waals surface area contributed by atoms with E-state index in [1.54, 1.807) is 38.5 Å². The van der Waals surface area contributed by atoms with Crippen LogP contribution in [0.15, 0.2) is 67.3 Å². The van der Waals surface area contributed by atoms with E-state index >= 15 is 0 Å². The first-order valence-corrected chi connectivity index (χ1v) is 11.4. The Balaban J connectivity index is 1.42. The van der Waals surface area contributed by atoms with Crippen molar-refractivity contribution >= 4 is 11.4 Å². The Bertz CT molecular complexity index is 1610. The number of fused-ring (bicyclic) bond motifs is 1. The third kappa shape index (κ3) is 4.65. The van der Waals surface area contributed by atoms with Gasteiger partial charge in [0.25, 0.3) is 5.91 Å². The zero-order valence-corrected chi connectivity index (χ0v) is 20.0. The molecule has 10 heteroatoms. The number of halogens is 3. The van der Waals surface area contributed by atoms with Crippen LogP contribution in [0.2, 0.25) is 0 Å². The zero-order valence-electron chi connectivity index (χ0n) is 20.0. The van der Waals surface area contributed by atoms with Gasteiger partial charge in [0.1, 0.15) is 12.4 Å². The normalized spacial score (nSPS) is 11.2. The molecular formula is C27H22F3N5O2. The predicted octanol–water partition coefficient (Wildman–Crippen LogP) is 5.06. The zero-order chi connectivity index (χ0) is 26.1. The van der Waals surface area contributed by atoms with Crippen LogP contribution in [0.25, 0.3) is 11.2 Å². The number of nitrogens with zero attached hydrogens (tertiary/aromatic N) is 4. The van der Waals surface area contributed by atoms with Crippen molar-refractivity contribution in [2.45, 2.75) is 27.0 Å². The molecule has 0 aliphatic rings. The number of imidazole rings is 1. The minimum Gasteiger partial charge on any atom is -0.473 e. The smallest absolute Gasteiger partial charge is 0.255 e. The second kappa shape index (κ2) is 9.81. The molecule has 0 saturated heterocycles. The number of aromatic nitrogens is 4. The summed E-state index contributed by atoms with van der Waals surface area (Å²) >= 11 is 0. The van der Waals surface area contributed by atoms with Crippen LogP contribution in [-0.4, -0.2) is 25.1 Å². The summed E-state index contributed by atoms with van der Waals surface area (Å²) in [6.45, 7) is 3.19. The molecule has 1 N–H and O–H groups in total. The van der Waals surface area contributed by atoms with Crippen molar-refractivity contribution in [3.05, 3.63) is 113 Å². The van der Waals surface area contributed by atoms with Gasteiger partial charge in [-0.2, -0.15) is 9.61 Å². The first-order chi connectivity index (χ1) is 17.8. The Morgan fingerprint density at radius 2 is 1.84 bits per heavy atom. The Hall–Kier alpha value is -4.60. The van der Waals surface area contributed by atoms with Crippen molar-refractivity contribution in [2.75, 3.05) is 0 Å². The summed E-state index contributed by atoms with van der Waals surface area (Å²) in [5, 5.41) is 7.37. The fourth-order valence-electron chi connectivity index (χ4n) is 4.17. The molecule has 0 fully saturated rings. The number of carbonyl (C=O) groups excluding carboxylic acids is 1. The molecular weight excluding hydrogens is 483 g/mol. The van der Waals surface area contributed by atoms with Crippen LogP contribution in [0.3, 0.4) is 0 Å². The van der Waals surface area contributed by atoms with E-state index in [9.17, 15) is 18.0 Å². The SMILES string of the molecule is Cc1cc(OCc2c(F)ccc(F)c2F)n2nc(C)c(C(=O)NCc3ccccc3-n3ccnc3)c2c1. The topological polar surface area (TPSA) is 73.5 Å². The third-order valence-corrected chi connectivity index (χ3v) is 5.96. The average Bonchev–Trinajstić information content (AvgIpc) is 3.53. The number of hydrogen-bond donors (Lipinski definition) is 1. The van der Waals surface area contributed by atoms with Gasteiger partial charge in [0.15, 0.2) is 11.6 Å². The molecule has 188 valence electrons. The summed E-state index contributed by atoms with van der Waals surface area (Å²) in [5.41, 5.74) is 3.24. The lowest BCUT2D eigenvalue weighted by Gasteiger charge is -2.12. The van der Waals surface area contributed by atoms with Gasteiger partial charge in [0.2, 0.25) is 5.88 Å². The number of pyridine rings is 1. The summed E-state index contributed by atoms with van der Waals surface area (Å²) in [6, 6.07) is 12.6. The summed E-state index contributed by atoms with van der Waals surface area (Å²) in [6.07, 6.45) is 5.18. The first kappa shape index (κ1) is 24.1. The van der Waals surface area contributed by atoms with Gasteiger partial charge < -0.3 is 14.6 Å². The van der Waals surface area contributed by atoms with Crippen LogP contribution in [0.4, 0.5) is 13.2 Å². The van der Waals surface area contributed by atoms with Crippen LogP contribution < -0.4 is 10.1 Å². The molecule has 0 bridgehead atoms. The van der Waals surface area contributed by atoms with E-state index in [1.807, 2.05) is 35.0 Å². The second-order valence-electron chi connectivity index (χ2n) is 8.52. The maximum Gasteiger partial charge on any atom is 0.255 e. The van der Waals surface area contributed by atoms with Crippen molar-refractivity contribution < 1.29 is 22.7 Å². The van der Waals surface area contributed by atoms with Crippen LogP contribution >= 0.6 is 0 Å². The minimum atomic E-state index is -1.31. The number of carbonyl (C=O) groups is 1. The van der Waals surface area contributed by atoms with Gasteiger partial charge in [-0.05, 0) is 49.2 Å². The molecule has 5 rings (SSSR count). The van der Waals surface area contributed by atoms with E-state index in [1.165, 1.54) is 4.52 Å². The van der Waals surface area contributed by atoms with Gasteiger partial charge in [-0.3, -0.25) is 4.79 Å². The number of para-hydroxylation sites is 1. The number of ether oxygens (including phenoxy) is 1. The van der Waals surface area contributed by atoms with Crippen molar-refractivity contribution in [1.82, 2.24) is 24.5 Å². The Morgan fingerprint density at radius 3 is 2.62 bits per heavy atom. The van der Waals surface area contributed by atoms with E-state index in [2.05, 4.69) is 15.4 Å². The maximum absolute atomic E-state index is 14.1. The Morgan fingerprint density at radius 1 is 1.05 bits per heavy atom. The molecule has 0 unspecified atom stereocenters. The van der Waals surface area contributed by atoms with Gasteiger partial charge in [0.05, 0.1) is 34.4 Å².